The van der Waals surface area contributed by atoms with Crippen LogP contribution in [0, 0.1) is 27.7 Å². The lowest BCUT2D eigenvalue weighted by atomic mass is 10.1. The molecule has 4 rings (SSSR count). The van der Waals surface area contributed by atoms with Gasteiger partial charge < -0.3 is 4.90 Å². The van der Waals surface area contributed by atoms with E-state index in [-0.39, 0.29) is 0 Å². The van der Waals surface area contributed by atoms with Gasteiger partial charge in [0.05, 0.1) is 11.1 Å². The quantitative estimate of drug-likeness (QED) is 0.709. The number of rotatable bonds is 3. The van der Waals surface area contributed by atoms with Crippen LogP contribution in [0.1, 0.15) is 27.4 Å². The number of piperazine rings is 1. The molecule has 0 aliphatic carbocycles. The zero-order valence-electron chi connectivity index (χ0n) is 16.2. The fourth-order valence-corrected chi connectivity index (χ4v) is 4.78. The van der Waals surface area contributed by atoms with Crippen molar-refractivity contribution in [1.29, 1.82) is 0 Å². The summed E-state index contributed by atoms with van der Waals surface area (Å²) in [5.74, 6) is 1.10. The third-order valence-electron chi connectivity index (χ3n) is 5.66. The van der Waals surface area contributed by atoms with Crippen molar-refractivity contribution in [2.75, 3.05) is 31.1 Å². The minimum atomic E-state index is 0.981. The average molecular weight is 371 g/mol. The third kappa shape index (κ3) is 2.89. The van der Waals surface area contributed by atoms with Crippen molar-refractivity contribution in [2.45, 2.75) is 34.2 Å². The van der Waals surface area contributed by atoms with Crippen molar-refractivity contribution in [3.05, 3.63) is 33.7 Å². The molecule has 1 aliphatic rings. The summed E-state index contributed by atoms with van der Waals surface area (Å²) in [5.41, 5.74) is 5.11. The lowest BCUT2D eigenvalue weighted by Gasteiger charge is -2.35. The van der Waals surface area contributed by atoms with Crippen LogP contribution in [-0.4, -0.2) is 50.8 Å². The van der Waals surface area contributed by atoms with Crippen LogP contribution in [0.15, 0.2) is 6.33 Å². The molecule has 0 unspecified atom stereocenters. The molecule has 0 aromatic carbocycles. The molecule has 0 bridgehead atoms. The Morgan fingerprint density at radius 1 is 1.04 bits per heavy atom. The van der Waals surface area contributed by atoms with E-state index < -0.39 is 0 Å². The molecule has 138 valence electrons. The Hall–Kier alpha value is -1.99. The molecule has 0 N–H and O–H groups in total. The number of aromatic nitrogens is 4. The second-order valence-corrected chi connectivity index (χ2v) is 8.40. The maximum absolute atomic E-state index is 4.63. The van der Waals surface area contributed by atoms with Crippen molar-refractivity contribution >= 4 is 27.4 Å². The SMILES string of the molecule is Cc1nn(C)c(C)c1CN1CCN(c2ncnc3sc(C)c(C)c23)CC1. The van der Waals surface area contributed by atoms with Gasteiger partial charge in [-0.2, -0.15) is 5.10 Å². The molecule has 4 heterocycles. The Morgan fingerprint density at radius 2 is 1.77 bits per heavy atom. The van der Waals surface area contributed by atoms with E-state index in [0.29, 0.717) is 0 Å². The molecule has 6 nitrogen and oxygen atoms in total. The van der Waals surface area contributed by atoms with Gasteiger partial charge in [-0.05, 0) is 33.3 Å². The number of hydrogen-bond acceptors (Lipinski definition) is 6. The van der Waals surface area contributed by atoms with E-state index in [0.717, 1.165) is 49.1 Å². The van der Waals surface area contributed by atoms with E-state index in [1.807, 2.05) is 11.7 Å². The first-order valence-corrected chi connectivity index (χ1v) is 9.94. The molecular formula is C19H26N6S. The van der Waals surface area contributed by atoms with E-state index in [9.17, 15) is 0 Å². The summed E-state index contributed by atoms with van der Waals surface area (Å²) in [4.78, 5) is 16.5. The fraction of sp³-hybridized carbons (Fsp3) is 0.526. The highest BCUT2D eigenvalue weighted by Crippen LogP contribution is 2.34. The molecule has 0 saturated carbocycles. The van der Waals surface area contributed by atoms with Gasteiger partial charge in [0.15, 0.2) is 0 Å². The van der Waals surface area contributed by atoms with Gasteiger partial charge in [0.2, 0.25) is 0 Å². The first-order valence-electron chi connectivity index (χ1n) is 9.12. The molecule has 3 aromatic heterocycles. The van der Waals surface area contributed by atoms with Crippen molar-refractivity contribution in [2.24, 2.45) is 7.05 Å². The van der Waals surface area contributed by atoms with E-state index in [2.05, 4.69) is 52.6 Å². The van der Waals surface area contributed by atoms with Crippen LogP contribution in [0.5, 0.6) is 0 Å². The van der Waals surface area contributed by atoms with Crippen LogP contribution in [0.25, 0.3) is 10.2 Å². The largest absolute Gasteiger partial charge is 0.353 e. The van der Waals surface area contributed by atoms with Crippen LogP contribution < -0.4 is 4.90 Å². The van der Waals surface area contributed by atoms with Crippen molar-refractivity contribution < 1.29 is 0 Å². The van der Waals surface area contributed by atoms with Crippen LogP contribution in [0.2, 0.25) is 0 Å². The maximum Gasteiger partial charge on any atom is 0.141 e. The minimum absolute atomic E-state index is 0.981. The van der Waals surface area contributed by atoms with E-state index in [1.165, 1.54) is 27.1 Å². The molecule has 1 saturated heterocycles. The standard InChI is InChI=1S/C19H26N6S/c1-12-15(4)26-19-17(12)18(20-11-21-19)25-8-6-24(7-9-25)10-16-13(2)22-23(5)14(16)3/h11H,6-10H2,1-5H3. The predicted octanol–water partition coefficient (Wildman–Crippen LogP) is 2.98. The number of nitrogens with zero attached hydrogens (tertiary/aromatic N) is 6. The highest BCUT2D eigenvalue weighted by Gasteiger charge is 2.23. The van der Waals surface area contributed by atoms with Gasteiger partial charge in [-0.15, -0.1) is 11.3 Å². The Bertz CT molecular complexity index is 949. The number of hydrogen-bond donors (Lipinski definition) is 0. The molecule has 1 aliphatic heterocycles. The Morgan fingerprint density at radius 3 is 2.42 bits per heavy atom. The normalized spacial score (nSPS) is 16.0. The first-order chi connectivity index (χ1) is 12.5. The molecule has 0 spiro atoms. The van der Waals surface area contributed by atoms with Gasteiger partial charge in [-0.1, -0.05) is 0 Å². The van der Waals surface area contributed by atoms with E-state index in [1.54, 1.807) is 17.7 Å². The molecular weight excluding hydrogens is 344 g/mol. The minimum Gasteiger partial charge on any atom is -0.353 e. The van der Waals surface area contributed by atoms with Crippen LogP contribution in [0.4, 0.5) is 5.82 Å². The lowest BCUT2D eigenvalue weighted by molar-refractivity contribution is 0.248. The summed E-state index contributed by atoms with van der Waals surface area (Å²) >= 11 is 1.77. The molecule has 1 fully saturated rings. The zero-order chi connectivity index (χ0) is 18.4. The smallest absolute Gasteiger partial charge is 0.141 e. The van der Waals surface area contributed by atoms with Gasteiger partial charge in [-0.25, -0.2) is 9.97 Å². The monoisotopic (exact) mass is 370 g/mol. The number of fused-ring (bicyclic) bond motifs is 1. The van der Waals surface area contributed by atoms with Gasteiger partial charge in [-0.3, -0.25) is 9.58 Å². The summed E-state index contributed by atoms with van der Waals surface area (Å²) in [6.07, 6.45) is 1.71. The van der Waals surface area contributed by atoms with E-state index >= 15 is 0 Å². The molecule has 3 aromatic rings. The third-order valence-corrected chi connectivity index (χ3v) is 6.77. The van der Waals surface area contributed by atoms with Crippen LogP contribution in [0.3, 0.4) is 0 Å². The zero-order valence-corrected chi connectivity index (χ0v) is 17.0. The highest BCUT2D eigenvalue weighted by atomic mass is 32.1. The lowest BCUT2D eigenvalue weighted by Crippen LogP contribution is -2.46. The average Bonchev–Trinajstić information content (AvgIpc) is 3.05. The van der Waals surface area contributed by atoms with Gasteiger partial charge in [0.25, 0.3) is 0 Å². The second kappa shape index (κ2) is 6.63. The molecule has 0 amide bonds. The summed E-state index contributed by atoms with van der Waals surface area (Å²) in [7, 11) is 2.02. The number of aryl methyl sites for hydroxylation is 4. The summed E-state index contributed by atoms with van der Waals surface area (Å²) in [6.45, 7) is 13.7. The topological polar surface area (TPSA) is 50.1 Å². The Kier molecular flexibility index (Phi) is 4.44. The molecule has 26 heavy (non-hydrogen) atoms. The van der Waals surface area contributed by atoms with Crippen molar-refractivity contribution in [1.82, 2.24) is 24.6 Å². The second-order valence-electron chi connectivity index (χ2n) is 7.20. The maximum atomic E-state index is 4.63. The predicted molar refractivity (Wildman–Crippen MR) is 107 cm³/mol. The number of anilines is 1. The first kappa shape index (κ1) is 17.4. The fourth-order valence-electron chi connectivity index (χ4n) is 3.79. The molecule has 0 radical (unpaired) electrons. The van der Waals surface area contributed by atoms with Gasteiger partial charge in [0, 0.05) is 55.9 Å². The molecule has 0 atom stereocenters. The van der Waals surface area contributed by atoms with Gasteiger partial charge >= 0.3 is 0 Å². The van der Waals surface area contributed by atoms with E-state index in [4.69, 9.17) is 0 Å². The summed E-state index contributed by atoms with van der Waals surface area (Å²) in [6, 6.07) is 0. The number of thiophene rings is 1. The highest BCUT2D eigenvalue weighted by molar-refractivity contribution is 7.18. The van der Waals surface area contributed by atoms with Crippen molar-refractivity contribution in [3.8, 4) is 0 Å². The van der Waals surface area contributed by atoms with Crippen LogP contribution in [-0.2, 0) is 13.6 Å². The van der Waals surface area contributed by atoms with Gasteiger partial charge in [0.1, 0.15) is 17.0 Å². The summed E-state index contributed by atoms with van der Waals surface area (Å²) in [5, 5.41) is 5.79. The molecule has 7 heteroatoms. The Labute approximate surface area is 158 Å². The van der Waals surface area contributed by atoms with Crippen LogP contribution >= 0.6 is 11.3 Å². The van der Waals surface area contributed by atoms with Crippen molar-refractivity contribution in [3.63, 3.8) is 0 Å². The Balaban J connectivity index is 1.51. The summed E-state index contributed by atoms with van der Waals surface area (Å²) < 4.78 is 1.99.